The molecule has 4 rings (SSSR count). The molecule has 0 unspecified atom stereocenters. The van der Waals surface area contributed by atoms with Gasteiger partial charge in [-0.2, -0.15) is 0 Å². The summed E-state index contributed by atoms with van der Waals surface area (Å²) in [7, 11) is 0. The minimum absolute atomic E-state index is 0.179. The van der Waals surface area contributed by atoms with Gasteiger partial charge in [-0.05, 0) is 48.9 Å². The molecule has 0 fully saturated rings. The lowest BCUT2D eigenvalue weighted by Gasteiger charge is -2.07. The summed E-state index contributed by atoms with van der Waals surface area (Å²) in [6.45, 7) is 2.70. The number of benzene rings is 3. The lowest BCUT2D eigenvalue weighted by atomic mass is 10.1. The van der Waals surface area contributed by atoms with E-state index >= 15 is 0 Å². The monoisotopic (exact) mass is 458 g/mol. The van der Waals surface area contributed by atoms with Crippen molar-refractivity contribution in [3.63, 3.8) is 0 Å². The predicted molar refractivity (Wildman–Crippen MR) is 127 cm³/mol. The lowest BCUT2D eigenvalue weighted by molar-refractivity contribution is 0.0950. The molecule has 4 aromatic rings. The zero-order chi connectivity index (χ0) is 23.0. The van der Waals surface area contributed by atoms with Gasteiger partial charge in [0, 0.05) is 17.8 Å². The lowest BCUT2D eigenvalue weighted by Crippen LogP contribution is -2.22. The van der Waals surface area contributed by atoms with Crippen molar-refractivity contribution in [1.82, 2.24) is 15.5 Å². The third kappa shape index (κ3) is 6.24. The molecule has 0 atom stereocenters. The van der Waals surface area contributed by atoms with Gasteiger partial charge in [0.15, 0.2) is 5.01 Å². The topological polar surface area (TPSA) is 93.2 Å². The van der Waals surface area contributed by atoms with Crippen LogP contribution < -0.4 is 15.4 Å². The van der Waals surface area contributed by atoms with Gasteiger partial charge in [-0.15, -0.1) is 10.2 Å². The average Bonchev–Trinajstić information content (AvgIpc) is 3.32. The van der Waals surface area contributed by atoms with E-state index in [0.29, 0.717) is 22.8 Å². The average molecular weight is 459 g/mol. The largest absolute Gasteiger partial charge is 0.486 e. The molecule has 1 heterocycles. The van der Waals surface area contributed by atoms with Crippen LogP contribution in [-0.4, -0.2) is 22.0 Å². The molecule has 0 aliphatic heterocycles. The van der Waals surface area contributed by atoms with Crippen molar-refractivity contribution in [1.29, 1.82) is 0 Å². The Morgan fingerprint density at radius 2 is 1.70 bits per heavy atom. The van der Waals surface area contributed by atoms with Crippen molar-refractivity contribution >= 4 is 28.8 Å². The molecule has 0 saturated carbocycles. The number of amides is 2. The molecule has 0 spiro atoms. The molecule has 166 valence electrons. The normalized spacial score (nSPS) is 10.5. The minimum Gasteiger partial charge on any atom is -0.486 e. The van der Waals surface area contributed by atoms with Gasteiger partial charge in [-0.1, -0.05) is 59.4 Å². The number of para-hydroxylation sites is 1. The van der Waals surface area contributed by atoms with E-state index in [4.69, 9.17) is 4.74 Å². The Morgan fingerprint density at radius 1 is 0.909 bits per heavy atom. The highest BCUT2D eigenvalue weighted by Gasteiger charge is 2.14. The van der Waals surface area contributed by atoms with Crippen molar-refractivity contribution in [2.24, 2.45) is 0 Å². The van der Waals surface area contributed by atoms with Crippen molar-refractivity contribution in [2.75, 3.05) is 5.32 Å². The summed E-state index contributed by atoms with van der Waals surface area (Å²) in [4.78, 5) is 24.9. The highest BCUT2D eigenvalue weighted by molar-refractivity contribution is 7.13. The summed E-state index contributed by atoms with van der Waals surface area (Å²) in [5.74, 6) is 0.179. The Kier molecular flexibility index (Phi) is 7.06. The summed E-state index contributed by atoms with van der Waals surface area (Å²) >= 11 is 1.17. The molecule has 8 heteroatoms. The number of hydrogen-bond acceptors (Lipinski definition) is 6. The van der Waals surface area contributed by atoms with Crippen molar-refractivity contribution in [3.05, 3.63) is 106 Å². The Balaban J connectivity index is 1.29. The second kappa shape index (κ2) is 10.5. The maximum absolute atomic E-state index is 12.5. The summed E-state index contributed by atoms with van der Waals surface area (Å²) < 4.78 is 5.63. The molecular weight excluding hydrogens is 436 g/mol. The summed E-state index contributed by atoms with van der Waals surface area (Å²) in [6.07, 6.45) is 0. The van der Waals surface area contributed by atoms with Gasteiger partial charge in [0.2, 0.25) is 5.01 Å². The number of aryl methyl sites for hydroxylation is 1. The van der Waals surface area contributed by atoms with E-state index in [1.807, 2.05) is 61.5 Å². The van der Waals surface area contributed by atoms with Crippen molar-refractivity contribution in [2.45, 2.75) is 20.1 Å². The van der Waals surface area contributed by atoms with E-state index in [2.05, 4.69) is 20.8 Å². The standard InChI is InChI=1S/C25H22N4O3S/c1-17-6-5-7-18(14-17)15-26-23(30)19-10-12-20(13-11-19)27-24(31)25-29-28-22(33-25)16-32-21-8-3-2-4-9-21/h2-14H,15-16H2,1H3,(H,26,30)(H,27,31). The van der Waals surface area contributed by atoms with E-state index in [0.717, 1.165) is 16.9 Å². The second-order valence-corrected chi connectivity index (χ2v) is 8.37. The first-order chi connectivity index (χ1) is 16.1. The molecular formula is C25H22N4O3S. The van der Waals surface area contributed by atoms with E-state index in [1.54, 1.807) is 24.3 Å². The zero-order valence-electron chi connectivity index (χ0n) is 17.9. The van der Waals surface area contributed by atoms with Gasteiger partial charge >= 0.3 is 0 Å². The van der Waals surface area contributed by atoms with Crippen LogP contribution in [0, 0.1) is 6.92 Å². The first kappa shape index (κ1) is 22.2. The summed E-state index contributed by atoms with van der Waals surface area (Å²) in [5, 5.41) is 14.5. The fraction of sp³-hybridized carbons (Fsp3) is 0.120. The SMILES string of the molecule is Cc1cccc(CNC(=O)c2ccc(NC(=O)c3nnc(COc4ccccc4)s3)cc2)c1. The number of hydrogen-bond donors (Lipinski definition) is 2. The highest BCUT2D eigenvalue weighted by atomic mass is 32.1. The van der Waals surface area contributed by atoms with Gasteiger partial charge in [-0.3, -0.25) is 9.59 Å². The second-order valence-electron chi connectivity index (χ2n) is 7.31. The molecule has 0 saturated heterocycles. The van der Waals surface area contributed by atoms with E-state index < -0.39 is 0 Å². The molecule has 0 aliphatic rings. The third-order valence-corrected chi connectivity index (χ3v) is 5.60. The van der Waals surface area contributed by atoms with Crippen molar-refractivity contribution < 1.29 is 14.3 Å². The van der Waals surface area contributed by atoms with Gasteiger partial charge in [0.25, 0.3) is 11.8 Å². The van der Waals surface area contributed by atoms with Crippen LogP contribution in [0.1, 0.15) is 36.3 Å². The maximum atomic E-state index is 12.5. The minimum atomic E-state index is -0.366. The first-order valence-corrected chi connectivity index (χ1v) is 11.1. The van der Waals surface area contributed by atoms with Crippen LogP contribution in [-0.2, 0) is 13.2 Å². The molecule has 2 N–H and O–H groups in total. The van der Waals surface area contributed by atoms with Crippen LogP contribution in [0.25, 0.3) is 0 Å². The van der Waals surface area contributed by atoms with Crippen molar-refractivity contribution in [3.8, 4) is 5.75 Å². The number of aromatic nitrogens is 2. The van der Waals surface area contributed by atoms with Crippen LogP contribution in [0.2, 0.25) is 0 Å². The molecule has 0 aliphatic carbocycles. The number of anilines is 1. The highest BCUT2D eigenvalue weighted by Crippen LogP contribution is 2.17. The van der Waals surface area contributed by atoms with E-state index in [9.17, 15) is 9.59 Å². The molecule has 33 heavy (non-hydrogen) atoms. The Labute approximate surface area is 195 Å². The number of ether oxygens (including phenoxy) is 1. The number of nitrogens with zero attached hydrogens (tertiary/aromatic N) is 2. The van der Waals surface area contributed by atoms with Crippen LogP contribution >= 0.6 is 11.3 Å². The third-order valence-electron chi connectivity index (χ3n) is 4.71. The molecule has 7 nitrogen and oxygen atoms in total. The quantitative estimate of drug-likeness (QED) is 0.402. The summed E-state index contributed by atoms with van der Waals surface area (Å²) in [5.41, 5.74) is 3.26. The molecule has 3 aromatic carbocycles. The van der Waals surface area contributed by atoms with Crippen LogP contribution in [0.5, 0.6) is 5.75 Å². The number of nitrogens with one attached hydrogen (secondary N) is 2. The van der Waals surface area contributed by atoms with E-state index in [1.165, 1.54) is 11.3 Å². The zero-order valence-corrected chi connectivity index (χ0v) is 18.8. The predicted octanol–water partition coefficient (Wildman–Crippen LogP) is 4.61. The van der Waals surface area contributed by atoms with E-state index in [-0.39, 0.29) is 23.4 Å². The smallest absolute Gasteiger partial charge is 0.286 e. The van der Waals surface area contributed by atoms with Gasteiger partial charge < -0.3 is 15.4 Å². The molecule has 2 amide bonds. The molecule has 0 bridgehead atoms. The summed E-state index contributed by atoms with van der Waals surface area (Å²) in [6, 6.07) is 24.0. The van der Waals surface area contributed by atoms with Crippen LogP contribution in [0.3, 0.4) is 0 Å². The van der Waals surface area contributed by atoms with Gasteiger partial charge in [0.1, 0.15) is 12.4 Å². The van der Waals surface area contributed by atoms with Crippen LogP contribution in [0.4, 0.5) is 5.69 Å². The van der Waals surface area contributed by atoms with Gasteiger partial charge in [0.05, 0.1) is 0 Å². The maximum Gasteiger partial charge on any atom is 0.286 e. The van der Waals surface area contributed by atoms with Crippen LogP contribution in [0.15, 0.2) is 78.9 Å². The molecule has 1 aromatic heterocycles. The fourth-order valence-electron chi connectivity index (χ4n) is 3.06. The first-order valence-electron chi connectivity index (χ1n) is 10.3. The van der Waals surface area contributed by atoms with Gasteiger partial charge in [-0.25, -0.2) is 0 Å². The Bertz CT molecular complexity index is 1240. The number of rotatable bonds is 8. The Morgan fingerprint density at radius 3 is 2.45 bits per heavy atom. The Hall–Kier alpha value is -4.04. The fourth-order valence-corrected chi connectivity index (χ4v) is 3.71. The number of carbonyl (C=O) groups excluding carboxylic acids is 2. The number of carbonyl (C=O) groups is 2. The molecule has 0 radical (unpaired) electrons.